The Morgan fingerprint density at radius 1 is 1.09 bits per heavy atom. The molecule has 0 bridgehead atoms. The van der Waals surface area contributed by atoms with Gasteiger partial charge in [-0.15, -0.1) is 0 Å². The number of thioether (sulfide) groups is 1. The quantitative estimate of drug-likeness (QED) is 0.192. The number of benzene rings is 2. The number of hydrogen-bond acceptors (Lipinski definition) is 4. The SMILES string of the molecule is CCCn1c2ccccc2c2cc(C=C3SC(=S)N(CC)C3=O)c(O[Si](C)(C)C(C)(C)C)cc21. The maximum Gasteiger partial charge on any atom is 0.266 e. The average molecular weight is 511 g/mol. The van der Waals surface area contributed by atoms with Gasteiger partial charge in [-0.2, -0.15) is 0 Å². The Labute approximate surface area is 213 Å². The second kappa shape index (κ2) is 9.17. The van der Waals surface area contributed by atoms with Gasteiger partial charge in [0.1, 0.15) is 10.1 Å². The Hall–Kier alpha value is -2.09. The second-order valence-electron chi connectivity index (χ2n) is 10.4. The molecule has 1 fully saturated rings. The van der Waals surface area contributed by atoms with Gasteiger partial charge >= 0.3 is 0 Å². The van der Waals surface area contributed by atoms with E-state index >= 15 is 0 Å². The number of carbonyl (C=O) groups is 1. The normalized spacial score (nSPS) is 16.4. The van der Waals surface area contributed by atoms with Crippen LogP contribution in [0.4, 0.5) is 0 Å². The molecule has 0 aliphatic carbocycles. The van der Waals surface area contributed by atoms with Crippen LogP contribution in [0.1, 0.15) is 46.6 Å². The van der Waals surface area contributed by atoms with E-state index in [9.17, 15) is 4.79 Å². The lowest BCUT2D eigenvalue weighted by Gasteiger charge is -2.37. The summed E-state index contributed by atoms with van der Waals surface area (Å²) in [6, 6.07) is 12.9. The third-order valence-electron chi connectivity index (χ3n) is 7.00. The molecule has 4 nitrogen and oxygen atoms in total. The first kappa shape index (κ1) is 25.0. The van der Waals surface area contributed by atoms with Crippen LogP contribution in [0.25, 0.3) is 27.9 Å². The van der Waals surface area contributed by atoms with E-state index in [2.05, 4.69) is 81.8 Å². The highest BCUT2D eigenvalue weighted by molar-refractivity contribution is 8.26. The number of rotatable bonds is 6. The summed E-state index contributed by atoms with van der Waals surface area (Å²) in [6.45, 7) is 17.0. The van der Waals surface area contributed by atoms with E-state index in [4.69, 9.17) is 16.6 Å². The van der Waals surface area contributed by atoms with Crippen molar-refractivity contribution in [3.05, 3.63) is 46.9 Å². The number of carbonyl (C=O) groups excluding carboxylic acids is 1. The van der Waals surface area contributed by atoms with Crippen LogP contribution in [0.5, 0.6) is 5.75 Å². The van der Waals surface area contributed by atoms with Gasteiger partial charge in [-0.25, -0.2) is 0 Å². The molecular weight excluding hydrogens is 477 g/mol. The van der Waals surface area contributed by atoms with E-state index in [1.54, 1.807) is 4.90 Å². The number of hydrogen-bond donors (Lipinski definition) is 0. The predicted octanol–water partition coefficient (Wildman–Crippen LogP) is 7.81. The maximum atomic E-state index is 13.0. The molecule has 4 rings (SSSR count). The number of aromatic nitrogens is 1. The van der Waals surface area contributed by atoms with Crippen molar-refractivity contribution in [1.29, 1.82) is 0 Å². The van der Waals surface area contributed by atoms with Crippen LogP contribution < -0.4 is 4.43 Å². The molecule has 0 unspecified atom stereocenters. The molecule has 2 aromatic carbocycles. The fraction of sp³-hybridized carbons (Fsp3) is 0.407. The van der Waals surface area contributed by atoms with E-state index in [1.807, 2.05) is 13.0 Å². The molecule has 1 aliphatic rings. The van der Waals surface area contributed by atoms with Gasteiger partial charge in [0, 0.05) is 41.0 Å². The highest BCUT2D eigenvalue weighted by atomic mass is 32.2. The van der Waals surface area contributed by atoms with E-state index in [0.29, 0.717) is 15.8 Å². The highest BCUT2D eigenvalue weighted by Gasteiger charge is 2.39. The first-order valence-electron chi connectivity index (χ1n) is 12.0. The van der Waals surface area contributed by atoms with Crippen LogP contribution in [0.3, 0.4) is 0 Å². The van der Waals surface area contributed by atoms with Crippen LogP contribution in [-0.4, -0.2) is 34.6 Å². The molecular formula is C27H34N2O2S2Si. The molecule has 3 aromatic rings. The fourth-order valence-corrected chi connectivity index (χ4v) is 6.51. The van der Waals surface area contributed by atoms with Gasteiger partial charge in [-0.1, -0.05) is 69.9 Å². The summed E-state index contributed by atoms with van der Waals surface area (Å²) in [4.78, 5) is 15.3. The first-order chi connectivity index (χ1) is 16.0. The molecule has 1 amide bonds. The van der Waals surface area contributed by atoms with Crippen molar-refractivity contribution in [3.63, 3.8) is 0 Å². The van der Waals surface area contributed by atoms with Gasteiger partial charge in [0.25, 0.3) is 14.2 Å². The van der Waals surface area contributed by atoms with Crippen molar-refractivity contribution in [3.8, 4) is 5.75 Å². The number of thiocarbonyl (C=S) groups is 1. The fourth-order valence-electron chi connectivity index (χ4n) is 4.10. The smallest absolute Gasteiger partial charge is 0.266 e. The van der Waals surface area contributed by atoms with Crippen molar-refractivity contribution >= 4 is 70.4 Å². The number of aryl methyl sites for hydroxylation is 1. The summed E-state index contributed by atoms with van der Waals surface area (Å²) in [5.41, 5.74) is 3.34. The lowest BCUT2D eigenvalue weighted by Crippen LogP contribution is -2.44. The number of likely N-dealkylation sites (N-methyl/N-ethyl adjacent to an activating group) is 1. The van der Waals surface area contributed by atoms with E-state index in [1.165, 1.54) is 33.6 Å². The number of fused-ring (bicyclic) bond motifs is 3. The summed E-state index contributed by atoms with van der Waals surface area (Å²) in [5.74, 6) is 0.824. The van der Waals surface area contributed by atoms with E-state index < -0.39 is 8.32 Å². The molecule has 0 atom stereocenters. The van der Waals surface area contributed by atoms with Crippen molar-refractivity contribution in [2.75, 3.05) is 6.54 Å². The maximum absolute atomic E-state index is 13.0. The molecule has 34 heavy (non-hydrogen) atoms. The van der Waals surface area contributed by atoms with E-state index in [0.717, 1.165) is 24.3 Å². The minimum Gasteiger partial charge on any atom is -0.543 e. The summed E-state index contributed by atoms with van der Waals surface area (Å²) in [7, 11) is -2.11. The molecule has 7 heteroatoms. The molecule has 1 aliphatic heterocycles. The van der Waals surface area contributed by atoms with Gasteiger partial charge in [-0.05, 0) is 49.7 Å². The summed E-state index contributed by atoms with van der Waals surface area (Å²) in [5, 5.41) is 2.46. The molecule has 0 N–H and O–H groups in total. The Bertz CT molecular complexity index is 1320. The lowest BCUT2D eigenvalue weighted by atomic mass is 10.1. The van der Waals surface area contributed by atoms with Crippen LogP contribution in [-0.2, 0) is 11.3 Å². The summed E-state index contributed by atoms with van der Waals surface area (Å²) >= 11 is 6.83. The molecule has 1 saturated heterocycles. The van der Waals surface area contributed by atoms with Crippen molar-refractivity contribution in [2.45, 2.75) is 65.7 Å². The zero-order valence-corrected chi connectivity index (χ0v) is 23.8. The van der Waals surface area contributed by atoms with Gasteiger partial charge in [0.15, 0.2) is 0 Å². The second-order valence-corrected chi connectivity index (χ2v) is 16.8. The van der Waals surface area contributed by atoms with Crippen molar-refractivity contribution in [2.24, 2.45) is 0 Å². The summed E-state index contributed by atoms with van der Waals surface area (Å²) < 4.78 is 9.88. The third-order valence-corrected chi connectivity index (χ3v) is 12.7. The minimum absolute atomic E-state index is 0.0238. The number of amides is 1. The Kier molecular flexibility index (Phi) is 6.75. The van der Waals surface area contributed by atoms with Crippen molar-refractivity contribution in [1.82, 2.24) is 9.47 Å². The Morgan fingerprint density at radius 3 is 2.41 bits per heavy atom. The molecule has 2 heterocycles. The molecule has 0 radical (unpaired) electrons. The van der Waals surface area contributed by atoms with Gasteiger partial charge < -0.3 is 8.99 Å². The zero-order chi connectivity index (χ0) is 24.8. The van der Waals surface area contributed by atoms with Gasteiger partial charge in [0.05, 0.1) is 10.4 Å². The predicted molar refractivity (Wildman–Crippen MR) is 153 cm³/mol. The highest BCUT2D eigenvalue weighted by Crippen LogP contribution is 2.42. The molecule has 0 spiro atoms. The van der Waals surface area contributed by atoms with Crippen LogP contribution >= 0.6 is 24.0 Å². The average Bonchev–Trinajstić information content (AvgIpc) is 3.21. The summed E-state index contributed by atoms with van der Waals surface area (Å²) in [6.07, 6.45) is 3.02. The standard InChI is InChI=1S/C27H34N2O2S2Si/c1-8-14-29-21-13-11-10-12-19(21)20-15-18(16-24-25(30)28(9-2)26(32)33-24)23(17-22(20)29)31-34(6,7)27(3,4)5/h10-13,15-17H,8-9,14H2,1-7H3. The lowest BCUT2D eigenvalue weighted by molar-refractivity contribution is -0.121. The van der Waals surface area contributed by atoms with Crippen LogP contribution in [0, 0.1) is 0 Å². The number of para-hydroxylation sites is 1. The zero-order valence-electron chi connectivity index (χ0n) is 21.2. The molecule has 1 aromatic heterocycles. The van der Waals surface area contributed by atoms with Crippen LogP contribution in [0.15, 0.2) is 41.3 Å². The Morgan fingerprint density at radius 2 is 1.79 bits per heavy atom. The number of nitrogens with zero attached hydrogens (tertiary/aromatic N) is 2. The third kappa shape index (κ3) is 4.34. The first-order valence-corrected chi connectivity index (χ1v) is 16.1. The monoisotopic (exact) mass is 510 g/mol. The van der Waals surface area contributed by atoms with Gasteiger partial charge in [0.2, 0.25) is 0 Å². The Balaban J connectivity index is 1.97. The van der Waals surface area contributed by atoms with Crippen molar-refractivity contribution < 1.29 is 9.22 Å². The molecule has 0 saturated carbocycles. The van der Waals surface area contributed by atoms with E-state index in [-0.39, 0.29) is 10.9 Å². The largest absolute Gasteiger partial charge is 0.543 e. The topological polar surface area (TPSA) is 34.5 Å². The van der Waals surface area contributed by atoms with Gasteiger partial charge in [-0.3, -0.25) is 9.69 Å². The van der Waals surface area contributed by atoms with Crippen LogP contribution in [0.2, 0.25) is 18.1 Å². The minimum atomic E-state index is -2.11. The molecule has 180 valence electrons.